The zero-order chi connectivity index (χ0) is 23.7. The van der Waals surface area contributed by atoms with E-state index < -0.39 is 5.97 Å². The molecule has 0 unspecified atom stereocenters. The molecule has 8 nitrogen and oxygen atoms in total. The van der Waals surface area contributed by atoms with Gasteiger partial charge in [0, 0.05) is 6.92 Å². The summed E-state index contributed by atoms with van der Waals surface area (Å²) in [5.74, 6) is 1.31. The number of nitrogens with zero attached hydrogens (tertiary/aromatic N) is 3. The fraction of sp³-hybridized carbons (Fsp3) is 0.0769. The smallest absolute Gasteiger partial charge is 0.308 e. The lowest BCUT2D eigenvalue weighted by molar-refractivity contribution is -0.131. The molecule has 2 aromatic heterocycles. The Labute approximate surface area is 193 Å². The first-order chi connectivity index (χ1) is 16.5. The van der Waals surface area contributed by atoms with Gasteiger partial charge in [-0.25, -0.2) is 4.98 Å². The lowest BCUT2D eigenvalue weighted by Gasteiger charge is -2.07. The Morgan fingerprint density at radius 3 is 2.59 bits per heavy atom. The van der Waals surface area contributed by atoms with Crippen molar-refractivity contribution in [2.45, 2.75) is 6.92 Å². The summed E-state index contributed by atoms with van der Waals surface area (Å²) in [6, 6.07) is 21.1. The van der Waals surface area contributed by atoms with Crippen LogP contribution in [0.5, 0.6) is 11.5 Å². The zero-order valence-corrected chi connectivity index (χ0v) is 18.4. The lowest BCUT2D eigenvalue weighted by Crippen LogP contribution is -2.20. The summed E-state index contributed by atoms with van der Waals surface area (Å²) in [5, 5.41) is 5.62. The fourth-order valence-electron chi connectivity index (χ4n) is 3.62. The second-order valence-corrected chi connectivity index (χ2v) is 7.46. The van der Waals surface area contributed by atoms with Crippen LogP contribution < -0.4 is 15.0 Å². The van der Waals surface area contributed by atoms with Gasteiger partial charge in [-0.1, -0.05) is 18.2 Å². The number of rotatable bonds is 5. The van der Waals surface area contributed by atoms with E-state index in [0.717, 1.165) is 5.39 Å². The van der Waals surface area contributed by atoms with Gasteiger partial charge >= 0.3 is 5.97 Å². The third-order valence-electron chi connectivity index (χ3n) is 5.18. The molecule has 0 saturated carbocycles. The number of hydrogen-bond donors (Lipinski definition) is 0. The Morgan fingerprint density at radius 1 is 1.03 bits per heavy atom. The van der Waals surface area contributed by atoms with Gasteiger partial charge < -0.3 is 13.9 Å². The number of esters is 1. The highest BCUT2D eigenvalue weighted by Gasteiger charge is 2.17. The molecule has 168 valence electrons. The largest absolute Gasteiger partial charge is 0.496 e. The van der Waals surface area contributed by atoms with E-state index in [0.29, 0.717) is 39.3 Å². The van der Waals surface area contributed by atoms with Crippen LogP contribution in [0.2, 0.25) is 0 Å². The van der Waals surface area contributed by atoms with Crippen molar-refractivity contribution in [3.63, 3.8) is 0 Å². The highest BCUT2D eigenvalue weighted by molar-refractivity contribution is 5.88. The molecule has 0 aliphatic heterocycles. The number of benzene rings is 3. The third kappa shape index (κ3) is 3.93. The monoisotopic (exact) mass is 453 g/mol. The molecular weight excluding hydrogens is 434 g/mol. The van der Waals surface area contributed by atoms with Gasteiger partial charge in [-0.2, -0.15) is 9.78 Å². The van der Waals surface area contributed by atoms with Crippen molar-refractivity contribution in [2.24, 2.45) is 5.10 Å². The van der Waals surface area contributed by atoms with Crippen LogP contribution in [0, 0.1) is 0 Å². The molecule has 34 heavy (non-hydrogen) atoms. The molecular formula is C26H19N3O5. The number of hydrogen-bond acceptors (Lipinski definition) is 7. The minimum Gasteiger partial charge on any atom is -0.496 e. The molecule has 0 spiro atoms. The normalized spacial score (nSPS) is 11.4. The van der Waals surface area contributed by atoms with Gasteiger partial charge in [0.1, 0.15) is 17.1 Å². The van der Waals surface area contributed by atoms with Crippen molar-refractivity contribution < 1.29 is 18.7 Å². The molecule has 0 radical (unpaired) electrons. The van der Waals surface area contributed by atoms with E-state index >= 15 is 0 Å². The summed E-state index contributed by atoms with van der Waals surface area (Å²) in [5.41, 5.74) is 1.51. The summed E-state index contributed by atoms with van der Waals surface area (Å²) in [7, 11) is 1.59. The molecule has 0 fully saturated rings. The van der Waals surface area contributed by atoms with E-state index in [1.807, 2.05) is 24.3 Å². The summed E-state index contributed by atoms with van der Waals surface area (Å²) < 4.78 is 17.7. The Balaban J connectivity index is 1.64. The second-order valence-electron chi connectivity index (χ2n) is 7.46. The number of fused-ring (bicyclic) bond motifs is 2. The summed E-state index contributed by atoms with van der Waals surface area (Å²) in [6.45, 7) is 1.34. The summed E-state index contributed by atoms with van der Waals surface area (Å²) in [6.07, 6.45) is 1.53. The molecule has 0 saturated heterocycles. The van der Waals surface area contributed by atoms with Gasteiger partial charge in [-0.05, 0) is 60.2 Å². The highest BCUT2D eigenvalue weighted by atomic mass is 16.5. The van der Waals surface area contributed by atoms with Crippen LogP contribution in [0.25, 0.3) is 33.5 Å². The number of furan rings is 1. The number of methoxy groups -OCH3 is 1. The van der Waals surface area contributed by atoms with Crippen LogP contribution in [0.3, 0.4) is 0 Å². The fourth-order valence-corrected chi connectivity index (χ4v) is 3.62. The summed E-state index contributed by atoms with van der Waals surface area (Å²) in [4.78, 5) is 29.1. The van der Waals surface area contributed by atoms with Gasteiger partial charge in [0.2, 0.25) is 5.82 Å². The maximum atomic E-state index is 13.3. The molecule has 0 aliphatic rings. The molecule has 0 atom stereocenters. The van der Waals surface area contributed by atoms with Crippen LogP contribution in [0.1, 0.15) is 12.5 Å². The summed E-state index contributed by atoms with van der Waals surface area (Å²) >= 11 is 0. The second kappa shape index (κ2) is 8.67. The number of carbonyl (C=O) groups excluding carboxylic acids is 1. The third-order valence-corrected chi connectivity index (χ3v) is 5.18. The molecule has 2 heterocycles. The SMILES string of the molecule is COc1cccc2oc(-c3nc4ccccc4c(=O)n3N=Cc3ccc(OC(C)=O)cc3)cc12. The van der Waals surface area contributed by atoms with Crippen molar-refractivity contribution in [1.29, 1.82) is 0 Å². The number of ether oxygens (including phenoxy) is 2. The van der Waals surface area contributed by atoms with Crippen LogP contribution in [0.15, 0.2) is 87.1 Å². The van der Waals surface area contributed by atoms with Gasteiger partial charge in [0.15, 0.2) is 5.76 Å². The molecule has 0 N–H and O–H groups in total. The predicted molar refractivity (Wildman–Crippen MR) is 129 cm³/mol. The first kappa shape index (κ1) is 21.1. The van der Waals surface area contributed by atoms with Crippen molar-refractivity contribution >= 4 is 34.1 Å². The van der Waals surface area contributed by atoms with E-state index in [9.17, 15) is 9.59 Å². The van der Waals surface area contributed by atoms with E-state index in [1.54, 1.807) is 55.6 Å². The molecule has 0 aliphatic carbocycles. The minimum absolute atomic E-state index is 0.259. The molecule has 0 amide bonds. The Hall–Kier alpha value is -4.72. The Bertz CT molecular complexity index is 1610. The van der Waals surface area contributed by atoms with Crippen LogP contribution >= 0.6 is 0 Å². The topological polar surface area (TPSA) is 95.9 Å². The molecule has 3 aromatic carbocycles. The highest BCUT2D eigenvalue weighted by Crippen LogP contribution is 2.32. The van der Waals surface area contributed by atoms with Crippen molar-refractivity contribution in [2.75, 3.05) is 7.11 Å². The van der Waals surface area contributed by atoms with Crippen LogP contribution in [-0.4, -0.2) is 29.0 Å². The Morgan fingerprint density at radius 2 is 1.82 bits per heavy atom. The maximum absolute atomic E-state index is 13.3. The first-order valence-electron chi connectivity index (χ1n) is 10.4. The van der Waals surface area contributed by atoms with Crippen LogP contribution in [-0.2, 0) is 4.79 Å². The van der Waals surface area contributed by atoms with E-state index in [2.05, 4.69) is 10.1 Å². The first-order valence-corrected chi connectivity index (χ1v) is 10.4. The average Bonchev–Trinajstić information content (AvgIpc) is 3.28. The van der Waals surface area contributed by atoms with E-state index in [4.69, 9.17) is 13.9 Å². The zero-order valence-electron chi connectivity index (χ0n) is 18.4. The molecule has 5 rings (SSSR count). The van der Waals surface area contributed by atoms with Crippen LogP contribution in [0.4, 0.5) is 0 Å². The van der Waals surface area contributed by atoms with Crippen molar-refractivity contribution in [3.05, 3.63) is 88.7 Å². The standard InChI is InChI=1S/C26H19N3O5/c1-16(30)33-18-12-10-17(11-13-18)15-27-29-25(28-21-7-4-3-6-19(21)26(29)31)24-14-20-22(32-2)8-5-9-23(20)34-24/h3-15H,1-2H3. The van der Waals surface area contributed by atoms with Crippen molar-refractivity contribution in [1.82, 2.24) is 9.66 Å². The minimum atomic E-state index is -0.401. The average molecular weight is 453 g/mol. The van der Waals surface area contributed by atoms with Gasteiger partial charge in [0.25, 0.3) is 5.56 Å². The quantitative estimate of drug-likeness (QED) is 0.219. The number of aromatic nitrogens is 2. The predicted octanol–water partition coefficient (Wildman–Crippen LogP) is 4.63. The maximum Gasteiger partial charge on any atom is 0.308 e. The van der Waals surface area contributed by atoms with Gasteiger partial charge in [0.05, 0.1) is 29.6 Å². The van der Waals surface area contributed by atoms with E-state index in [1.165, 1.54) is 17.8 Å². The molecule has 0 bridgehead atoms. The Kier molecular flexibility index (Phi) is 5.39. The lowest BCUT2D eigenvalue weighted by atomic mass is 10.2. The van der Waals surface area contributed by atoms with Gasteiger partial charge in [-0.3, -0.25) is 9.59 Å². The number of carbonyl (C=O) groups is 1. The van der Waals surface area contributed by atoms with Gasteiger partial charge in [-0.15, -0.1) is 0 Å². The molecule has 5 aromatic rings. The van der Waals surface area contributed by atoms with Crippen molar-refractivity contribution in [3.8, 4) is 23.1 Å². The van der Waals surface area contributed by atoms with E-state index in [-0.39, 0.29) is 11.4 Å². The molecule has 8 heteroatoms. The number of para-hydroxylation sites is 1.